The van der Waals surface area contributed by atoms with Gasteiger partial charge in [-0.15, -0.1) is 0 Å². The molecule has 0 radical (unpaired) electrons. The molecule has 0 spiro atoms. The lowest BCUT2D eigenvalue weighted by Crippen LogP contribution is -2.25. The fourth-order valence-electron chi connectivity index (χ4n) is 2.53. The average molecular weight is 347 g/mol. The molecular formula is C20H17N3O3. The van der Waals surface area contributed by atoms with E-state index in [0.717, 1.165) is 5.56 Å². The minimum Gasteiger partial charge on any atom is -0.478 e. The van der Waals surface area contributed by atoms with E-state index >= 15 is 0 Å². The number of benzene rings is 2. The molecule has 0 aliphatic rings. The van der Waals surface area contributed by atoms with Crippen LogP contribution < -0.4 is 5.32 Å². The number of nitrogens with one attached hydrogen (secondary N) is 1. The second-order valence-electron chi connectivity index (χ2n) is 5.68. The highest BCUT2D eigenvalue weighted by molar-refractivity contribution is 5.95. The van der Waals surface area contributed by atoms with Crippen LogP contribution in [0.2, 0.25) is 0 Å². The van der Waals surface area contributed by atoms with Gasteiger partial charge in [0, 0.05) is 18.0 Å². The molecule has 1 amide bonds. The van der Waals surface area contributed by atoms with Gasteiger partial charge in [0.2, 0.25) is 5.91 Å². The molecule has 3 aromatic rings. The van der Waals surface area contributed by atoms with Crippen LogP contribution in [0.25, 0.3) is 11.1 Å². The van der Waals surface area contributed by atoms with E-state index in [-0.39, 0.29) is 18.0 Å². The molecule has 6 heteroatoms. The normalized spacial score (nSPS) is 10.3. The lowest BCUT2D eigenvalue weighted by Gasteiger charge is -2.07. The molecule has 0 unspecified atom stereocenters. The summed E-state index contributed by atoms with van der Waals surface area (Å²) < 4.78 is 0. The Kier molecular flexibility index (Phi) is 5.34. The summed E-state index contributed by atoms with van der Waals surface area (Å²) >= 11 is 0. The zero-order valence-electron chi connectivity index (χ0n) is 13.9. The van der Waals surface area contributed by atoms with Crippen molar-refractivity contribution < 1.29 is 14.7 Å². The maximum absolute atomic E-state index is 12.0. The SMILES string of the molecule is O=C(Cc1ccccc1)NCc1ncc(-c2ccccc2C(=O)O)cn1. The van der Waals surface area contributed by atoms with Gasteiger partial charge >= 0.3 is 5.97 Å². The second kappa shape index (κ2) is 8.02. The van der Waals surface area contributed by atoms with Crippen LogP contribution in [-0.2, 0) is 17.8 Å². The number of amides is 1. The van der Waals surface area contributed by atoms with Gasteiger partial charge in [0.25, 0.3) is 0 Å². The Hall–Kier alpha value is -3.54. The molecule has 0 atom stereocenters. The molecule has 26 heavy (non-hydrogen) atoms. The van der Waals surface area contributed by atoms with E-state index in [9.17, 15) is 14.7 Å². The fraction of sp³-hybridized carbons (Fsp3) is 0.100. The first kappa shape index (κ1) is 17.3. The fourth-order valence-corrected chi connectivity index (χ4v) is 2.53. The number of carboxylic acid groups (broad SMARTS) is 1. The van der Waals surface area contributed by atoms with Gasteiger partial charge in [-0.1, -0.05) is 48.5 Å². The van der Waals surface area contributed by atoms with Crippen LogP contribution in [0.3, 0.4) is 0 Å². The molecule has 1 heterocycles. The molecule has 2 aromatic carbocycles. The maximum Gasteiger partial charge on any atom is 0.336 e. The lowest BCUT2D eigenvalue weighted by atomic mass is 10.0. The highest BCUT2D eigenvalue weighted by Crippen LogP contribution is 2.22. The Morgan fingerprint density at radius 3 is 2.27 bits per heavy atom. The second-order valence-corrected chi connectivity index (χ2v) is 5.68. The number of carbonyl (C=O) groups excluding carboxylic acids is 1. The minimum atomic E-state index is -1.00. The molecule has 0 saturated carbocycles. The molecule has 1 aromatic heterocycles. The summed E-state index contributed by atoms with van der Waals surface area (Å²) in [5.41, 5.74) is 2.30. The molecule has 130 valence electrons. The monoisotopic (exact) mass is 347 g/mol. The van der Waals surface area contributed by atoms with Gasteiger partial charge in [-0.25, -0.2) is 14.8 Å². The van der Waals surface area contributed by atoms with E-state index in [1.807, 2.05) is 30.3 Å². The van der Waals surface area contributed by atoms with Gasteiger partial charge in [-0.05, 0) is 17.2 Å². The van der Waals surface area contributed by atoms with Crippen LogP contribution in [0.4, 0.5) is 0 Å². The van der Waals surface area contributed by atoms with Crippen LogP contribution in [0.1, 0.15) is 21.7 Å². The number of aromatic nitrogens is 2. The van der Waals surface area contributed by atoms with Crippen molar-refractivity contribution in [1.82, 2.24) is 15.3 Å². The summed E-state index contributed by atoms with van der Waals surface area (Å²) in [4.78, 5) is 31.7. The quantitative estimate of drug-likeness (QED) is 0.715. The number of carbonyl (C=O) groups is 2. The van der Waals surface area contributed by atoms with Gasteiger partial charge < -0.3 is 10.4 Å². The molecule has 0 bridgehead atoms. The number of aromatic carboxylic acids is 1. The van der Waals surface area contributed by atoms with Crippen molar-refractivity contribution in [3.05, 3.63) is 83.9 Å². The molecule has 0 saturated heterocycles. The Bertz CT molecular complexity index is 909. The number of nitrogens with zero attached hydrogens (tertiary/aromatic N) is 2. The molecule has 0 aliphatic heterocycles. The molecule has 0 fully saturated rings. The summed E-state index contributed by atoms with van der Waals surface area (Å²) in [6.45, 7) is 0.215. The standard InChI is InChI=1S/C20H17N3O3/c24-19(10-14-6-2-1-3-7-14)23-13-18-21-11-15(12-22-18)16-8-4-5-9-17(16)20(25)26/h1-9,11-12H,10,13H2,(H,23,24)(H,25,26). The average Bonchev–Trinajstić information content (AvgIpc) is 2.67. The summed E-state index contributed by atoms with van der Waals surface area (Å²) in [5.74, 6) is -0.652. The van der Waals surface area contributed by atoms with Crippen LogP contribution in [0.5, 0.6) is 0 Å². The van der Waals surface area contributed by atoms with Gasteiger partial charge in [0.1, 0.15) is 5.82 Å². The highest BCUT2D eigenvalue weighted by Gasteiger charge is 2.11. The van der Waals surface area contributed by atoms with Crippen LogP contribution >= 0.6 is 0 Å². The Labute approximate surface area is 150 Å². The third-order valence-electron chi connectivity index (χ3n) is 3.82. The van der Waals surface area contributed by atoms with Crippen molar-refractivity contribution >= 4 is 11.9 Å². The van der Waals surface area contributed by atoms with Crippen molar-refractivity contribution in [3.8, 4) is 11.1 Å². The van der Waals surface area contributed by atoms with Gasteiger partial charge in [0.15, 0.2) is 0 Å². The molecule has 6 nitrogen and oxygen atoms in total. The number of rotatable bonds is 6. The summed E-state index contributed by atoms with van der Waals surface area (Å²) in [5, 5.41) is 12.0. The zero-order chi connectivity index (χ0) is 18.4. The van der Waals surface area contributed by atoms with Crippen molar-refractivity contribution in [2.45, 2.75) is 13.0 Å². The minimum absolute atomic E-state index is 0.111. The summed E-state index contributed by atoms with van der Waals surface area (Å²) in [6, 6.07) is 16.1. The lowest BCUT2D eigenvalue weighted by molar-refractivity contribution is -0.120. The Morgan fingerprint density at radius 1 is 0.923 bits per heavy atom. The predicted octanol–water partition coefficient (Wildman–Crippen LogP) is 2.70. The van der Waals surface area contributed by atoms with Crippen molar-refractivity contribution in [1.29, 1.82) is 0 Å². The van der Waals surface area contributed by atoms with E-state index < -0.39 is 5.97 Å². The number of hydrogen-bond acceptors (Lipinski definition) is 4. The predicted molar refractivity (Wildman–Crippen MR) is 96.4 cm³/mol. The molecule has 3 rings (SSSR count). The first-order chi connectivity index (χ1) is 12.6. The zero-order valence-corrected chi connectivity index (χ0v) is 13.9. The number of hydrogen-bond donors (Lipinski definition) is 2. The third kappa shape index (κ3) is 4.30. The summed E-state index contributed by atoms with van der Waals surface area (Å²) in [6.07, 6.45) is 3.42. The van der Waals surface area contributed by atoms with E-state index in [1.54, 1.807) is 30.6 Å². The maximum atomic E-state index is 12.0. The Morgan fingerprint density at radius 2 is 1.58 bits per heavy atom. The van der Waals surface area contributed by atoms with Gasteiger partial charge in [-0.2, -0.15) is 0 Å². The largest absolute Gasteiger partial charge is 0.478 e. The molecule has 2 N–H and O–H groups in total. The third-order valence-corrected chi connectivity index (χ3v) is 3.82. The van der Waals surface area contributed by atoms with Crippen molar-refractivity contribution in [2.24, 2.45) is 0 Å². The smallest absolute Gasteiger partial charge is 0.336 e. The molecular weight excluding hydrogens is 330 g/mol. The van der Waals surface area contributed by atoms with Crippen molar-refractivity contribution in [3.63, 3.8) is 0 Å². The van der Waals surface area contributed by atoms with E-state index in [0.29, 0.717) is 23.4 Å². The van der Waals surface area contributed by atoms with E-state index in [2.05, 4.69) is 15.3 Å². The van der Waals surface area contributed by atoms with Crippen molar-refractivity contribution in [2.75, 3.05) is 0 Å². The highest BCUT2D eigenvalue weighted by atomic mass is 16.4. The van der Waals surface area contributed by atoms with Crippen LogP contribution in [0, 0.1) is 0 Å². The topological polar surface area (TPSA) is 92.2 Å². The van der Waals surface area contributed by atoms with Gasteiger partial charge in [0.05, 0.1) is 18.5 Å². The Balaban J connectivity index is 1.63. The first-order valence-electron chi connectivity index (χ1n) is 8.08. The van der Waals surface area contributed by atoms with E-state index in [4.69, 9.17) is 0 Å². The van der Waals surface area contributed by atoms with Crippen LogP contribution in [0.15, 0.2) is 67.0 Å². The van der Waals surface area contributed by atoms with Gasteiger partial charge in [-0.3, -0.25) is 4.79 Å². The van der Waals surface area contributed by atoms with E-state index in [1.165, 1.54) is 6.07 Å². The molecule has 0 aliphatic carbocycles. The first-order valence-corrected chi connectivity index (χ1v) is 8.08. The van der Waals surface area contributed by atoms with Crippen LogP contribution in [-0.4, -0.2) is 27.0 Å². The number of carboxylic acids is 1. The summed E-state index contributed by atoms with van der Waals surface area (Å²) in [7, 11) is 0.